The number of pyridine rings is 1. The summed E-state index contributed by atoms with van der Waals surface area (Å²) in [6.07, 6.45) is 0.379. The quantitative estimate of drug-likeness (QED) is 0.121. The van der Waals surface area contributed by atoms with Crippen LogP contribution in [0.15, 0.2) is 91.2 Å². The molecule has 1 aromatic heterocycles. The van der Waals surface area contributed by atoms with Crippen LogP contribution < -0.4 is 14.2 Å². The summed E-state index contributed by atoms with van der Waals surface area (Å²) in [4.78, 5) is 4.19. The molecule has 0 radical (unpaired) electrons. The van der Waals surface area contributed by atoms with Gasteiger partial charge in [-0.3, -0.25) is 0 Å². The molecule has 12 heteroatoms. The molecule has 1 N–H and O–H groups in total. The fourth-order valence-electron chi connectivity index (χ4n) is 3.47. The Morgan fingerprint density at radius 3 is 2.39 bits per heavy atom. The molecule has 4 nitrogen and oxygen atoms in total. The molecular formula is C32H33F7N2O2S. The minimum atomic E-state index is -4.51. The average molecular weight is 643 g/mol. The van der Waals surface area contributed by atoms with E-state index in [9.17, 15) is 30.7 Å². The Labute approximate surface area is 256 Å². The number of rotatable bonds is 12. The zero-order chi connectivity index (χ0) is 32.8. The zero-order valence-corrected chi connectivity index (χ0v) is 25.2. The van der Waals surface area contributed by atoms with Crippen molar-refractivity contribution in [1.82, 2.24) is 4.98 Å². The van der Waals surface area contributed by atoms with E-state index in [0.717, 1.165) is 23.8 Å². The third-order valence-electron chi connectivity index (χ3n) is 5.27. The van der Waals surface area contributed by atoms with Crippen LogP contribution in [0.5, 0.6) is 11.6 Å². The minimum Gasteiger partial charge on any atom is -0.489 e. The van der Waals surface area contributed by atoms with Crippen molar-refractivity contribution in [2.75, 3.05) is 17.1 Å². The van der Waals surface area contributed by atoms with Gasteiger partial charge in [-0.05, 0) is 66.4 Å². The SMILES string of the molecule is C=C/C=C(\C=C/C)COc1ncc(-c2cc(OCc3cccc(C(F)(F)F)c3)ccc2F)cc1NSCC(F)(F)F.CCC. The van der Waals surface area contributed by atoms with Gasteiger partial charge in [0.25, 0.3) is 0 Å². The van der Waals surface area contributed by atoms with Crippen molar-refractivity contribution in [3.8, 4) is 22.8 Å². The molecule has 3 aromatic rings. The van der Waals surface area contributed by atoms with Crippen LogP contribution in [0.3, 0.4) is 0 Å². The van der Waals surface area contributed by atoms with Crippen molar-refractivity contribution in [3.05, 3.63) is 108 Å². The van der Waals surface area contributed by atoms with Crippen molar-refractivity contribution in [3.63, 3.8) is 0 Å². The van der Waals surface area contributed by atoms with E-state index < -0.39 is 29.5 Å². The maximum atomic E-state index is 14.8. The number of hydrogen-bond acceptors (Lipinski definition) is 5. The molecule has 44 heavy (non-hydrogen) atoms. The molecule has 0 atom stereocenters. The first kappa shape index (κ1) is 36.3. The number of anilines is 1. The van der Waals surface area contributed by atoms with E-state index in [-0.39, 0.29) is 47.2 Å². The molecule has 3 rings (SSSR count). The average Bonchev–Trinajstić information content (AvgIpc) is 2.95. The van der Waals surface area contributed by atoms with Crippen LogP contribution in [-0.2, 0) is 12.8 Å². The number of alkyl halides is 6. The third kappa shape index (κ3) is 12.4. The number of hydrogen-bond donors (Lipinski definition) is 1. The lowest BCUT2D eigenvalue weighted by Gasteiger charge is -2.15. The summed E-state index contributed by atoms with van der Waals surface area (Å²) >= 11 is 0.364. The second kappa shape index (κ2) is 17.4. The summed E-state index contributed by atoms with van der Waals surface area (Å²) in [5.74, 6) is -1.74. The van der Waals surface area contributed by atoms with Gasteiger partial charge in [-0.1, -0.05) is 63.3 Å². The maximum Gasteiger partial charge on any atom is 0.416 e. The van der Waals surface area contributed by atoms with Crippen molar-refractivity contribution >= 4 is 17.6 Å². The highest BCUT2D eigenvalue weighted by atomic mass is 32.2. The number of nitrogens with zero attached hydrogens (tertiary/aromatic N) is 1. The molecule has 0 amide bonds. The number of nitrogens with one attached hydrogen (secondary N) is 1. The van der Waals surface area contributed by atoms with Crippen LogP contribution in [0.25, 0.3) is 11.1 Å². The van der Waals surface area contributed by atoms with E-state index in [1.807, 2.05) is 0 Å². The Morgan fingerprint density at radius 1 is 1.02 bits per heavy atom. The molecule has 0 spiro atoms. The molecule has 0 unspecified atom stereocenters. The lowest BCUT2D eigenvalue weighted by molar-refractivity contribution is -0.137. The number of aromatic nitrogens is 1. The van der Waals surface area contributed by atoms with Gasteiger partial charge in [-0.25, -0.2) is 9.37 Å². The molecule has 0 aliphatic carbocycles. The molecular weight excluding hydrogens is 609 g/mol. The van der Waals surface area contributed by atoms with Gasteiger partial charge < -0.3 is 14.2 Å². The number of benzene rings is 2. The highest BCUT2D eigenvalue weighted by Crippen LogP contribution is 2.35. The summed E-state index contributed by atoms with van der Waals surface area (Å²) in [6, 6.07) is 9.74. The Kier molecular flexibility index (Phi) is 14.3. The van der Waals surface area contributed by atoms with Gasteiger partial charge in [-0.15, -0.1) is 0 Å². The Bertz CT molecular complexity index is 1420. The first-order chi connectivity index (χ1) is 20.8. The first-order valence-corrected chi connectivity index (χ1v) is 14.4. The van der Waals surface area contributed by atoms with Crippen LogP contribution in [-0.4, -0.2) is 23.5 Å². The van der Waals surface area contributed by atoms with E-state index in [0.29, 0.717) is 11.9 Å². The van der Waals surface area contributed by atoms with Gasteiger partial charge in [0, 0.05) is 17.3 Å². The maximum absolute atomic E-state index is 14.8. The molecule has 2 aromatic carbocycles. The Morgan fingerprint density at radius 2 is 1.75 bits per heavy atom. The Hall–Kier alpha value is -3.93. The zero-order valence-electron chi connectivity index (χ0n) is 24.4. The second-order valence-corrected chi connectivity index (χ2v) is 9.97. The summed E-state index contributed by atoms with van der Waals surface area (Å²) < 4.78 is 106. The van der Waals surface area contributed by atoms with Gasteiger partial charge in [-0.2, -0.15) is 26.3 Å². The van der Waals surface area contributed by atoms with E-state index in [4.69, 9.17) is 9.47 Å². The number of allylic oxidation sites excluding steroid dienone is 3. The molecule has 0 saturated carbocycles. The molecule has 0 bridgehead atoms. The molecule has 238 valence electrons. The highest BCUT2D eigenvalue weighted by molar-refractivity contribution is 8.00. The summed E-state index contributed by atoms with van der Waals surface area (Å²) in [7, 11) is 0. The van der Waals surface area contributed by atoms with Crippen LogP contribution in [0.2, 0.25) is 0 Å². The van der Waals surface area contributed by atoms with E-state index in [1.54, 1.807) is 31.2 Å². The van der Waals surface area contributed by atoms with Gasteiger partial charge in [0.15, 0.2) is 0 Å². The predicted molar refractivity (Wildman–Crippen MR) is 162 cm³/mol. The fourth-order valence-corrected chi connectivity index (χ4v) is 4.01. The smallest absolute Gasteiger partial charge is 0.416 e. The van der Waals surface area contributed by atoms with Crippen molar-refractivity contribution in [2.45, 2.75) is 46.2 Å². The molecule has 1 heterocycles. The van der Waals surface area contributed by atoms with E-state index in [1.165, 1.54) is 42.9 Å². The minimum absolute atomic E-state index is 0.00984. The molecule has 0 aliphatic heterocycles. The van der Waals surface area contributed by atoms with E-state index in [2.05, 4.69) is 30.1 Å². The van der Waals surface area contributed by atoms with Crippen LogP contribution in [0, 0.1) is 5.82 Å². The molecule has 0 saturated heterocycles. The lowest BCUT2D eigenvalue weighted by Crippen LogP contribution is -2.12. The van der Waals surface area contributed by atoms with Crippen LogP contribution in [0.1, 0.15) is 38.3 Å². The Balaban J connectivity index is 0.00000216. The first-order valence-electron chi connectivity index (χ1n) is 13.4. The largest absolute Gasteiger partial charge is 0.489 e. The van der Waals surface area contributed by atoms with E-state index >= 15 is 0 Å². The lowest BCUT2D eigenvalue weighted by atomic mass is 10.1. The third-order valence-corrected chi connectivity index (χ3v) is 6.10. The molecule has 0 fully saturated rings. The van der Waals surface area contributed by atoms with Crippen molar-refractivity contribution in [2.24, 2.45) is 0 Å². The standard InChI is InChI=1S/C29H25F7N2O2S.C3H8/c1-3-6-19(7-4-2)16-40-27-26(38-41-18-28(31,32)33)13-21(15-37-27)24-14-23(10-11-25(24)30)39-17-20-8-5-9-22(12-20)29(34,35)36;1-3-2/h3-15,38H,1,16-18H2,2H3;3H2,1-2H3/b7-4-,19-6+;. The number of halogens is 7. The molecule has 0 aliphatic rings. The van der Waals surface area contributed by atoms with Crippen LogP contribution >= 0.6 is 11.9 Å². The summed E-state index contributed by atoms with van der Waals surface area (Å²) in [5.41, 5.74) is 0.432. The van der Waals surface area contributed by atoms with Gasteiger partial charge in [0.1, 0.15) is 36.2 Å². The fraction of sp³-hybridized carbons (Fsp3) is 0.281. The second-order valence-electron chi connectivity index (χ2n) is 9.18. The predicted octanol–water partition coefficient (Wildman–Crippen LogP) is 10.6. The topological polar surface area (TPSA) is 43.4 Å². The van der Waals surface area contributed by atoms with Crippen LogP contribution in [0.4, 0.5) is 36.4 Å². The monoisotopic (exact) mass is 642 g/mol. The van der Waals surface area contributed by atoms with Crippen molar-refractivity contribution in [1.29, 1.82) is 0 Å². The normalized spacial score (nSPS) is 12.0. The van der Waals surface area contributed by atoms with Crippen molar-refractivity contribution < 1.29 is 40.2 Å². The highest BCUT2D eigenvalue weighted by Gasteiger charge is 2.30. The van der Waals surface area contributed by atoms with Gasteiger partial charge in [0.2, 0.25) is 5.88 Å². The van der Waals surface area contributed by atoms with Gasteiger partial charge >= 0.3 is 12.4 Å². The van der Waals surface area contributed by atoms with Gasteiger partial charge in [0.05, 0.1) is 5.56 Å². The number of ether oxygens (including phenoxy) is 2. The summed E-state index contributed by atoms with van der Waals surface area (Å²) in [5, 5.41) is 0. The summed E-state index contributed by atoms with van der Waals surface area (Å²) in [6.45, 7) is 9.50.